The molecule has 0 radical (unpaired) electrons. The average Bonchev–Trinajstić information content (AvgIpc) is 2.41. The number of rotatable bonds is 4. The van der Waals surface area contributed by atoms with E-state index < -0.39 is 0 Å². The number of aryl methyl sites for hydroxylation is 1. The second-order valence-electron chi connectivity index (χ2n) is 4.37. The Balaban J connectivity index is 2.10. The minimum Gasteiger partial charge on any atom is -0.489 e. The molecule has 2 aromatic rings. The standard InChI is InChI=1S/C15H13BrFNOS/c1-9-6-10(15(18)20)2-3-11(9)8-19-12-4-5-14(17)13(16)7-12/h2-7H,8H2,1H3,(H2,18,20). The van der Waals surface area contributed by atoms with E-state index in [1.165, 1.54) is 6.07 Å². The summed E-state index contributed by atoms with van der Waals surface area (Å²) in [6, 6.07) is 10.3. The lowest BCUT2D eigenvalue weighted by atomic mass is 10.1. The summed E-state index contributed by atoms with van der Waals surface area (Å²) >= 11 is 8.07. The van der Waals surface area contributed by atoms with Crippen LogP contribution in [0.25, 0.3) is 0 Å². The highest BCUT2D eigenvalue weighted by molar-refractivity contribution is 9.10. The maximum absolute atomic E-state index is 13.1. The van der Waals surface area contributed by atoms with Gasteiger partial charge in [-0.3, -0.25) is 0 Å². The summed E-state index contributed by atoms with van der Waals surface area (Å²) in [5, 5.41) is 0. The molecule has 5 heteroatoms. The number of halogens is 2. The van der Waals surface area contributed by atoms with Gasteiger partial charge in [-0.05, 0) is 58.2 Å². The van der Waals surface area contributed by atoms with Gasteiger partial charge < -0.3 is 10.5 Å². The van der Waals surface area contributed by atoms with Gasteiger partial charge in [-0.15, -0.1) is 0 Å². The molecule has 0 fully saturated rings. The summed E-state index contributed by atoms with van der Waals surface area (Å²) in [5.74, 6) is 0.297. The molecule has 0 saturated heterocycles. The predicted molar refractivity (Wildman–Crippen MR) is 85.5 cm³/mol. The smallest absolute Gasteiger partial charge is 0.137 e. The molecule has 20 heavy (non-hydrogen) atoms. The van der Waals surface area contributed by atoms with Gasteiger partial charge in [0.15, 0.2) is 0 Å². The fraction of sp³-hybridized carbons (Fsp3) is 0.133. The van der Waals surface area contributed by atoms with Crippen LogP contribution in [0.2, 0.25) is 0 Å². The van der Waals surface area contributed by atoms with Crippen LogP contribution in [0.15, 0.2) is 40.9 Å². The van der Waals surface area contributed by atoms with Crippen LogP contribution in [0.5, 0.6) is 5.75 Å². The van der Waals surface area contributed by atoms with E-state index in [1.807, 2.05) is 25.1 Å². The first-order valence-corrected chi connectivity index (χ1v) is 7.14. The van der Waals surface area contributed by atoms with Crippen molar-refractivity contribution in [3.63, 3.8) is 0 Å². The first-order chi connectivity index (χ1) is 9.47. The van der Waals surface area contributed by atoms with Crippen molar-refractivity contribution >= 4 is 33.1 Å². The molecular weight excluding hydrogens is 341 g/mol. The highest BCUT2D eigenvalue weighted by atomic mass is 79.9. The van der Waals surface area contributed by atoms with Gasteiger partial charge in [-0.1, -0.05) is 24.4 Å². The van der Waals surface area contributed by atoms with Crippen LogP contribution in [-0.4, -0.2) is 4.99 Å². The normalized spacial score (nSPS) is 10.3. The average molecular weight is 354 g/mol. The third-order valence-corrected chi connectivity index (χ3v) is 3.76. The number of hydrogen-bond acceptors (Lipinski definition) is 2. The zero-order chi connectivity index (χ0) is 14.7. The van der Waals surface area contributed by atoms with Gasteiger partial charge in [0.25, 0.3) is 0 Å². The molecular formula is C15H13BrFNOS. The van der Waals surface area contributed by atoms with Gasteiger partial charge in [0.05, 0.1) is 4.47 Å². The Morgan fingerprint density at radius 1 is 1.30 bits per heavy atom. The molecule has 0 spiro atoms. The summed E-state index contributed by atoms with van der Waals surface area (Å²) in [7, 11) is 0. The first-order valence-electron chi connectivity index (χ1n) is 5.94. The maximum Gasteiger partial charge on any atom is 0.137 e. The largest absolute Gasteiger partial charge is 0.489 e. The molecule has 2 N–H and O–H groups in total. The molecule has 104 valence electrons. The predicted octanol–water partition coefficient (Wildman–Crippen LogP) is 4.11. The van der Waals surface area contributed by atoms with Crippen LogP contribution in [-0.2, 0) is 6.61 Å². The third-order valence-electron chi connectivity index (χ3n) is 2.91. The van der Waals surface area contributed by atoms with E-state index in [1.54, 1.807) is 12.1 Å². The fourth-order valence-corrected chi connectivity index (χ4v) is 2.22. The number of hydrogen-bond donors (Lipinski definition) is 1. The van der Waals surface area contributed by atoms with Crippen molar-refractivity contribution in [2.75, 3.05) is 0 Å². The summed E-state index contributed by atoms with van der Waals surface area (Å²) < 4.78 is 19.2. The highest BCUT2D eigenvalue weighted by Gasteiger charge is 2.05. The van der Waals surface area contributed by atoms with E-state index >= 15 is 0 Å². The van der Waals surface area contributed by atoms with E-state index in [0.717, 1.165) is 16.7 Å². The van der Waals surface area contributed by atoms with Crippen molar-refractivity contribution in [3.8, 4) is 5.75 Å². The Labute approximate surface area is 130 Å². The molecule has 0 bridgehead atoms. The summed E-state index contributed by atoms with van der Waals surface area (Å²) in [5.41, 5.74) is 8.51. The number of ether oxygens (including phenoxy) is 1. The van der Waals surface area contributed by atoms with Crippen molar-refractivity contribution in [1.82, 2.24) is 0 Å². The molecule has 0 atom stereocenters. The summed E-state index contributed by atoms with van der Waals surface area (Å²) in [6.07, 6.45) is 0. The van der Waals surface area contributed by atoms with Gasteiger partial charge in [-0.25, -0.2) is 4.39 Å². The van der Waals surface area contributed by atoms with Crippen molar-refractivity contribution in [2.24, 2.45) is 5.73 Å². The lowest BCUT2D eigenvalue weighted by Gasteiger charge is -2.10. The number of thiocarbonyl (C=S) groups is 1. The van der Waals surface area contributed by atoms with E-state index in [2.05, 4.69) is 15.9 Å². The van der Waals surface area contributed by atoms with Crippen LogP contribution in [0.4, 0.5) is 4.39 Å². The molecule has 0 aliphatic rings. The second-order valence-corrected chi connectivity index (χ2v) is 5.66. The lowest BCUT2D eigenvalue weighted by molar-refractivity contribution is 0.304. The van der Waals surface area contributed by atoms with Crippen LogP contribution >= 0.6 is 28.1 Å². The molecule has 2 rings (SSSR count). The molecule has 0 heterocycles. The molecule has 0 saturated carbocycles. The van der Waals surface area contributed by atoms with Crippen LogP contribution in [0.3, 0.4) is 0 Å². The maximum atomic E-state index is 13.1. The van der Waals surface area contributed by atoms with Crippen LogP contribution in [0, 0.1) is 12.7 Å². The van der Waals surface area contributed by atoms with Crippen molar-refractivity contribution in [1.29, 1.82) is 0 Å². The van der Waals surface area contributed by atoms with Gasteiger partial charge in [0.1, 0.15) is 23.2 Å². The number of nitrogens with two attached hydrogens (primary N) is 1. The Kier molecular flexibility index (Phi) is 4.73. The van der Waals surface area contributed by atoms with Gasteiger partial charge in [0.2, 0.25) is 0 Å². The quantitative estimate of drug-likeness (QED) is 0.840. The van der Waals surface area contributed by atoms with E-state index in [0.29, 0.717) is 21.8 Å². The zero-order valence-electron chi connectivity index (χ0n) is 10.8. The topological polar surface area (TPSA) is 35.2 Å². The molecule has 0 aromatic heterocycles. The van der Waals surface area contributed by atoms with Crippen LogP contribution < -0.4 is 10.5 Å². The second kappa shape index (κ2) is 6.33. The summed E-state index contributed by atoms with van der Waals surface area (Å²) in [6.45, 7) is 2.38. The Hall–Kier alpha value is -1.46. The van der Waals surface area contributed by atoms with Crippen molar-refractivity contribution in [2.45, 2.75) is 13.5 Å². The lowest BCUT2D eigenvalue weighted by Crippen LogP contribution is -2.10. The molecule has 0 unspecified atom stereocenters. The monoisotopic (exact) mass is 353 g/mol. The molecule has 2 aromatic carbocycles. The Bertz CT molecular complexity index is 660. The minimum atomic E-state index is -0.311. The Morgan fingerprint density at radius 3 is 2.65 bits per heavy atom. The molecule has 0 aliphatic carbocycles. The zero-order valence-corrected chi connectivity index (χ0v) is 13.2. The molecule has 0 aliphatic heterocycles. The van der Waals surface area contributed by atoms with Crippen molar-refractivity contribution < 1.29 is 9.13 Å². The third kappa shape index (κ3) is 3.55. The van der Waals surface area contributed by atoms with E-state index in [9.17, 15) is 4.39 Å². The number of benzene rings is 2. The summed E-state index contributed by atoms with van der Waals surface area (Å²) in [4.78, 5) is 0.378. The minimum absolute atomic E-state index is 0.311. The van der Waals surface area contributed by atoms with E-state index in [4.69, 9.17) is 22.7 Å². The first kappa shape index (κ1) is 14.9. The van der Waals surface area contributed by atoms with Gasteiger partial charge >= 0.3 is 0 Å². The van der Waals surface area contributed by atoms with E-state index in [-0.39, 0.29) is 5.82 Å². The Morgan fingerprint density at radius 2 is 2.05 bits per heavy atom. The van der Waals surface area contributed by atoms with Gasteiger partial charge in [0, 0.05) is 5.56 Å². The molecule has 0 amide bonds. The van der Waals surface area contributed by atoms with Gasteiger partial charge in [-0.2, -0.15) is 0 Å². The highest BCUT2D eigenvalue weighted by Crippen LogP contribution is 2.23. The fourth-order valence-electron chi connectivity index (χ4n) is 1.74. The van der Waals surface area contributed by atoms with Crippen LogP contribution in [0.1, 0.15) is 16.7 Å². The van der Waals surface area contributed by atoms with Crippen molar-refractivity contribution in [3.05, 3.63) is 63.4 Å². The molecule has 2 nitrogen and oxygen atoms in total. The SMILES string of the molecule is Cc1cc(C(N)=S)ccc1COc1ccc(F)c(Br)c1.